The Morgan fingerprint density at radius 2 is 1.50 bits per heavy atom. The van der Waals surface area contributed by atoms with Crippen LogP contribution in [0.4, 0.5) is 0 Å². The minimum absolute atomic E-state index is 0.118. The van der Waals surface area contributed by atoms with Crippen molar-refractivity contribution in [3.63, 3.8) is 0 Å². The van der Waals surface area contributed by atoms with Crippen LogP contribution >= 0.6 is 0 Å². The molecule has 1 fully saturated rings. The summed E-state index contributed by atoms with van der Waals surface area (Å²) in [6, 6.07) is 22.5. The molecule has 0 unspecified atom stereocenters. The quantitative estimate of drug-likeness (QED) is 0.287. The molecule has 1 aromatic heterocycles. The van der Waals surface area contributed by atoms with Crippen molar-refractivity contribution in [3.05, 3.63) is 102 Å². The maximum atomic E-state index is 13.7. The minimum atomic E-state index is -3.52. The van der Waals surface area contributed by atoms with Gasteiger partial charge in [0.2, 0.25) is 0 Å². The van der Waals surface area contributed by atoms with Gasteiger partial charge in [-0.05, 0) is 61.8 Å². The van der Waals surface area contributed by atoms with E-state index in [0.29, 0.717) is 45.1 Å². The minimum Gasteiger partial charge on any atom is -0.332 e. The van der Waals surface area contributed by atoms with Gasteiger partial charge in [0.1, 0.15) is 0 Å². The number of ketones is 1. The van der Waals surface area contributed by atoms with Crippen molar-refractivity contribution in [2.45, 2.75) is 49.8 Å². The number of Topliss-reactive ketones (excluding diaryl/α,β-unsaturated/α-hetero) is 1. The molecular weight excluding hydrogens is 472 g/mol. The molecule has 1 amide bonds. The zero-order valence-electron chi connectivity index (χ0n) is 20.3. The van der Waals surface area contributed by atoms with Crippen molar-refractivity contribution in [3.8, 4) is 0 Å². The molecule has 0 N–H and O–H groups in total. The Morgan fingerprint density at radius 3 is 2.06 bits per heavy atom. The number of nitrogens with zero attached hydrogens (tertiary/aromatic N) is 2. The molecule has 6 nitrogen and oxygen atoms in total. The molecule has 1 aliphatic heterocycles. The molecule has 0 radical (unpaired) electrons. The second kappa shape index (κ2) is 12.1. The maximum Gasteiger partial charge on any atom is 0.295 e. The van der Waals surface area contributed by atoms with Crippen LogP contribution in [0.3, 0.4) is 0 Å². The predicted molar refractivity (Wildman–Crippen MR) is 140 cm³/mol. The molecule has 0 aliphatic carbocycles. The highest BCUT2D eigenvalue weighted by atomic mass is 32.2. The Kier molecular flexibility index (Phi) is 8.65. The molecular formula is C29H32N2O4S. The summed E-state index contributed by atoms with van der Waals surface area (Å²) < 4.78 is 27.4. The highest BCUT2D eigenvalue weighted by Gasteiger charge is 2.37. The topological polar surface area (TPSA) is 84.4 Å². The number of amides is 1. The molecule has 36 heavy (non-hydrogen) atoms. The molecule has 1 aliphatic rings. The van der Waals surface area contributed by atoms with Crippen LogP contribution < -0.4 is 0 Å². The highest BCUT2D eigenvalue weighted by molar-refractivity contribution is 7.92. The summed E-state index contributed by atoms with van der Waals surface area (Å²) in [7, 11) is -3.52. The van der Waals surface area contributed by atoms with E-state index in [1.165, 1.54) is 17.3 Å². The first-order chi connectivity index (χ1) is 17.4. The molecule has 1 atom stereocenters. The monoisotopic (exact) mass is 504 g/mol. The lowest BCUT2D eigenvalue weighted by Gasteiger charge is -2.26. The Labute approximate surface area is 213 Å². The molecule has 4 rings (SSSR count). The smallest absolute Gasteiger partial charge is 0.295 e. The molecule has 0 spiro atoms. The van der Waals surface area contributed by atoms with Crippen LogP contribution in [0.1, 0.15) is 47.2 Å². The predicted octanol–water partition coefficient (Wildman–Crippen LogP) is 4.30. The molecule has 7 heteroatoms. The summed E-state index contributed by atoms with van der Waals surface area (Å²) in [5.41, 5.74) is 2.44. The van der Waals surface area contributed by atoms with E-state index in [4.69, 9.17) is 0 Å². The number of carbonyl (C=O) groups excluding carboxylic acids is 2. The van der Waals surface area contributed by atoms with E-state index in [-0.39, 0.29) is 11.3 Å². The fourth-order valence-corrected chi connectivity index (χ4v) is 6.99. The van der Waals surface area contributed by atoms with E-state index in [2.05, 4.69) is 4.98 Å². The summed E-state index contributed by atoms with van der Waals surface area (Å²) in [5, 5.41) is -0.524. The van der Waals surface area contributed by atoms with Crippen molar-refractivity contribution in [2.24, 2.45) is 0 Å². The van der Waals surface area contributed by atoms with E-state index in [1.807, 2.05) is 60.7 Å². The van der Waals surface area contributed by atoms with Gasteiger partial charge in [-0.1, -0.05) is 60.7 Å². The van der Waals surface area contributed by atoms with Crippen LogP contribution in [0.15, 0.2) is 85.2 Å². The van der Waals surface area contributed by atoms with E-state index in [1.54, 1.807) is 12.1 Å². The number of likely N-dealkylation sites (tertiary alicyclic amines) is 1. The molecule has 0 saturated carbocycles. The first kappa shape index (κ1) is 25.8. The van der Waals surface area contributed by atoms with Crippen LogP contribution in [0, 0.1) is 0 Å². The van der Waals surface area contributed by atoms with Gasteiger partial charge in [-0.3, -0.25) is 14.6 Å². The van der Waals surface area contributed by atoms with Gasteiger partial charge in [-0.15, -0.1) is 0 Å². The van der Waals surface area contributed by atoms with Gasteiger partial charge in [0.05, 0.1) is 11.0 Å². The van der Waals surface area contributed by atoms with E-state index in [0.717, 1.165) is 11.1 Å². The Hall–Kier alpha value is -3.32. The maximum absolute atomic E-state index is 13.7. The average Bonchev–Trinajstić information content (AvgIpc) is 3.36. The summed E-state index contributed by atoms with van der Waals surface area (Å²) in [6.07, 6.45) is 6.56. The fraction of sp³-hybridized carbons (Fsp3) is 0.345. The average molecular weight is 505 g/mol. The van der Waals surface area contributed by atoms with Gasteiger partial charge in [-0.25, -0.2) is 8.42 Å². The summed E-state index contributed by atoms with van der Waals surface area (Å²) in [5.74, 6) is -1.41. The second-order valence-electron chi connectivity index (χ2n) is 9.37. The van der Waals surface area contributed by atoms with E-state index < -0.39 is 32.8 Å². The number of rotatable bonds is 11. The Morgan fingerprint density at radius 1 is 0.889 bits per heavy atom. The first-order valence-corrected chi connectivity index (χ1v) is 14.2. The van der Waals surface area contributed by atoms with Crippen LogP contribution in [0.5, 0.6) is 0 Å². The first-order valence-electron chi connectivity index (χ1n) is 12.5. The van der Waals surface area contributed by atoms with Crippen molar-refractivity contribution in [1.82, 2.24) is 9.88 Å². The zero-order chi connectivity index (χ0) is 25.4. The number of hydrogen-bond acceptors (Lipinski definition) is 5. The molecule has 2 aromatic carbocycles. The van der Waals surface area contributed by atoms with Crippen LogP contribution in [0.25, 0.3) is 0 Å². The van der Waals surface area contributed by atoms with Crippen molar-refractivity contribution in [2.75, 3.05) is 12.3 Å². The second-order valence-corrected chi connectivity index (χ2v) is 11.7. The number of hydrogen-bond donors (Lipinski definition) is 0. The SMILES string of the molecule is O=C(C(=O)N1CCC[C@H]1CS(=O)(=O)C(CCc1ccccc1)CCc1ccccc1)c1cccnc1. The third-order valence-corrected chi connectivity index (χ3v) is 9.22. The number of sulfone groups is 1. The van der Waals surface area contributed by atoms with Crippen LogP contribution in [-0.2, 0) is 27.5 Å². The molecule has 188 valence electrons. The number of carbonyl (C=O) groups is 2. The van der Waals surface area contributed by atoms with E-state index >= 15 is 0 Å². The standard InChI is InChI=1S/C29H32N2O4S/c32-28(25-13-7-19-30-21-25)29(33)31-20-8-14-26(31)22-36(34,35)27(17-15-23-9-3-1-4-10-23)18-16-24-11-5-2-6-12-24/h1-7,9-13,19,21,26-27H,8,14-18,20,22H2/t26-/m0/s1. The van der Waals surface area contributed by atoms with Gasteiger partial charge in [0.25, 0.3) is 11.7 Å². The van der Waals surface area contributed by atoms with Gasteiger partial charge in [-0.2, -0.15) is 0 Å². The lowest BCUT2D eigenvalue weighted by atomic mass is 10.0. The summed E-state index contributed by atoms with van der Waals surface area (Å²) in [4.78, 5) is 31.1. The normalized spacial score (nSPS) is 15.8. The lowest BCUT2D eigenvalue weighted by Crippen LogP contribution is -2.44. The molecule has 3 aromatic rings. The number of pyridine rings is 1. The number of aromatic nitrogens is 1. The third kappa shape index (κ3) is 6.66. The highest BCUT2D eigenvalue weighted by Crippen LogP contribution is 2.25. The summed E-state index contributed by atoms with van der Waals surface area (Å²) >= 11 is 0. The fourth-order valence-electron chi connectivity index (χ4n) is 4.88. The van der Waals surface area contributed by atoms with Gasteiger partial charge in [0.15, 0.2) is 9.84 Å². The zero-order valence-corrected chi connectivity index (χ0v) is 21.1. The lowest BCUT2D eigenvalue weighted by molar-refractivity contribution is -0.126. The molecule has 1 saturated heterocycles. The Bertz CT molecular complexity index is 1200. The van der Waals surface area contributed by atoms with Gasteiger partial charge in [0, 0.05) is 30.5 Å². The van der Waals surface area contributed by atoms with Crippen LogP contribution in [-0.4, -0.2) is 53.6 Å². The van der Waals surface area contributed by atoms with Gasteiger partial charge >= 0.3 is 0 Å². The number of benzene rings is 2. The van der Waals surface area contributed by atoms with Gasteiger partial charge < -0.3 is 4.90 Å². The summed E-state index contributed by atoms with van der Waals surface area (Å²) in [6.45, 7) is 0.393. The Balaban J connectivity index is 1.47. The van der Waals surface area contributed by atoms with Crippen LogP contribution in [0.2, 0.25) is 0 Å². The molecule has 2 heterocycles. The van der Waals surface area contributed by atoms with Crippen molar-refractivity contribution < 1.29 is 18.0 Å². The van der Waals surface area contributed by atoms with Crippen molar-refractivity contribution >= 4 is 21.5 Å². The van der Waals surface area contributed by atoms with E-state index in [9.17, 15) is 18.0 Å². The third-order valence-electron chi connectivity index (χ3n) is 6.88. The van der Waals surface area contributed by atoms with Crippen molar-refractivity contribution in [1.29, 1.82) is 0 Å². The molecule has 0 bridgehead atoms. The largest absolute Gasteiger partial charge is 0.332 e. The number of aryl methyl sites for hydroxylation is 2.